The molecule has 11 nitrogen and oxygen atoms in total. The molecule has 9 rings (SSSR count). The molecule has 14 heteroatoms. The van der Waals surface area contributed by atoms with E-state index in [4.69, 9.17) is 16.6 Å². The van der Waals surface area contributed by atoms with Gasteiger partial charge in [0, 0.05) is 62.7 Å². The second kappa shape index (κ2) is 15.6. The number of hydrogen-bond acceptors (Lipinski definition) is 9. The van der Waals surface area contributed by atoms with Crippen LogP contribution in [0.1, 0.15) is 102 Å². The summed E-state index contributed by atoms with van der Waals surface area (Å²) in [5.74, 6) is -0.713. The summed E-state index contributed by atoms with van der Waals surface area (Å²) in [7, 11) is 1.91. The minimum Gasteiger partial charge on any atom is -0.481 e. The van der Waals surface area contributed by atoms with Gasteiger partial charge in [-0.3, -0.25) is 24.4 Å². The summed E-state index contributed by atoms with van der Waals surface area (Å²) in [5, 5.41) is 13.6. The van der Waals surface area contributed by atoms with Crippen LogP contribution in [0.15, 0.2) is 48.7 Å². The summed E-state index contributed by atoms with van der Waals surface area (Å²) in [6.45, 7) is 7.06. The number of ketones is 1. The number of aromatic nitrogens is 5. The van der Waals surface area contributed by atoms with Crippen LogP contribution in [0.5, 0.6) is 0 Å². The summed E-state index contributed by atoms with van der Waals surface area (Å²) < 4.78 is 30.1. The van der Waals surface area contributed by atoms with Gasteiger partial charge >= 0.3 is 5.97 Å². The molecule has 308 valence electrons. The number of carbonyl (C=O) groups is 2. The third-order valence-corrected chi connectivity index (χ3v) is 14.1. The Morgan fingerprint density at radius 2 is 1.75 bits per heavy atom. The number of likely N-dealkylation sites (tertiary alicyclic amines) is 1. The van der Waals surface area contributed by atoms with Crippen LogP contribution < -0.4 is 5.32 Å². The van der Waals surface area contributed by atoms with Crippen molar-refractivity contribution < 1.29 is 23.5 Å². The van der Waals surface area contributed by atoms with Gasteiger partial charge in [0.05, 0.1) is 21.6 Å². The molecule has 2 N–H and O–H groups in total. The van der Waals surface area contributed by atoms with Crippen LogP contribution in [0.2, 0.25) is 5.02 Å². The third-order valence-electron chi connectivity index (χ3n) is 13.7. The maximum atomic E-state index is 14.1. The number of alkyl halides is 2. The van der Waals surface area contributed by atoms with Gasteiger partial charge in [-0.1, -0.05) is 41.9 Å². The normalized spacial score (nSPS) is 21.8. The monoisotopic (exact) mass is 822 g/mol. The predicted octanol–water partition coefficient (Wildman–Crippen LogP) is 8.87. The lowest BCUT2D eigenvalue weighted by molar-refractivity contribution is -0.148. The molecule has 2 aliphatic carbocycles. The summed E-state index contributed by atoms with van der Waals surface area (Å²) in [6.07, 6.45) is 7.43. The molecule has 0 unspecified atom stereocenters. The number of rotatable bonds is 13. The topological polar surface area (TPSA) is 129 Å². The standard InChI is InChI=1S/C45H49ClF2N8O3/c1-27-30(8-6-10-32(27)50-40-38-33(51-41(53-40)39(47)48)21-28(23-49-38)24-55-17-3-4-18-55)31-9-5-7-29(37(31)46)22-36(57)42-52-34-25-56(19-11-35(34)54(42)2)20-16-44-12-14-45(26-44,15-13-44)43(58)59/h5-10,21,23,39H,3-4,11-20,22,24-26H2,1-2H3,(H,58,59)(H,50,51,53). The number of carbonyl (C=O) groups excluding carboxylic acids is 1. The molecular weight excluding hydrogens is 774 g/mol. The van der Waals surface area contributed by atoms with Gasteiger partial charge in [0.15, 0.2) is 17.5 Å². The lowest BCUT2D eigenvalue weighted by atomic mass is 9.80. The Morgan fingerprint density at radius 1 is 0.983 bits per heavy atom. The van der Waals surface area contributed by atoms with Crippen LogP contribution in [0.4, 0.5) is 20.3 Å². The molecule has 0 spiro atoms. The maximum absolute atomic E-state index is 14.1. The van der Waals surface area contributed by atoms with Crippen LogP contribution >= 0.6 is 11.6 Å². The zero-order chi connectivity index (χ0) is 41.1. The molecule has 3 aromatic heterocycles. The van der Waals surface area contributed by atoms with Crippen LogP contribution in [-0.2, 0) is 37.8 Å². The number of nitrogens with zero attached hydrogens (tertiary/aromatic N) is 7. The summed E-state index contributed by atoms with van der Waals surface area (Å²) >= 11 is 7.11. The maximum Gasteiger partial charge on any atom is 0.309 e. The molecule has 3 fully saturated rings. The molecule has 2 saturated carbocycles. The number of Topliss-reactive ketones (excluding diaryl/α,β-unsaturated/α-hetero) is 1. The van der Waals surface area contributed by atoms with Gasteiger partial charge in [-0.2, -0.15) is 0 Å². The highest BCUT2D eigenvalue weighted by atomic mass is 35.5. The molecule has 0 radical (unpaired) electrons. The molecule has 2 bridgehead atoms. The van der Waals surface area contributed by atoms with E-state index in [1.54, 1.807) is 6.20 Å². The minimum atomic E-state index is -2.86. The number of benzene rings is 2. The highest BCUT2D eigenvalue weighted by Gasteiger charge is 2.57. The number of hydrogen-bond donors (Lipinski definition) is 2. The second-order valence-corrected chi connectivity index (χ2v) is 17.7. The first-order valence-electron chi connectivity index (χ1n) is 20.8. The van der Waals surface area contributed by atoms with E-state index in [0.717, 1.165) is 118 Å². The van der Waals surface area contributed by atoms with Crippen molar-refractivity contribution in [3.8, 4) is 11.1 Å². The smallest absolute Gasteiger partial charge is 0.309 e. The van der Waals surface area contributed by atoms with E-state index < -0.39 is 23.6 Å². The van der Waals surface area contributed by atoms with Crippen molar-refractivity contribution in [3.63, 3.8) is 0 Å². The first kappa shape index (κ1) is 39.6. The number of carboxylic acids is 1. The van der Waals surface area contributed by atoms with Crippen molar-refractivity contribution in [1.29, 1.82) is 0 Å². The zero-order valence-electron chi connectivity index (χ0n) is 33.5. The number of aliphatic carboxylic acids is 1. The molecule has 0 atom stereocenters. The number of halogens is 3. The number of carboxylic acid groups (broad SMARTS) is 1. The highest BCUT2D eigenvalue weighted by Crippen LogP contribution is 2.63. The van der Waals surface area contributed by atoms with Gasteiger partial charge in [-0.25, -0.2) is 23.7 Å². The average Bonchev–Trinajstić information content (AvgIpc) is 4.03. The van der Waals surface area contributed by atoms with Gasteiger partial charge in [0.1, 0.15) is 5.52 Å². The van der Waals surface area contributed by atoms with E-state index in [0.29, 0.717) is 46.2 Å². The Labute approximate surface area is 347 Å². The summed E-state index contributed by atoms with van der Waals surface area (Å²) in [6, 6.07) is 13.1. The van der Waals surface area contributed by atoms with Crippen molar-refractivity contribution in [2.24, 2.45) is 17.9 Å². The third kappa shape index (κ3) is 7.50. The first-order chi connectivity index (χ1) is 28.4. The molecule has 4 aliphatic rings. The van der Waals surface area contributed by atoms with E-state index in [1.807, 2.05) is 61.0 Å². The van der Waals surface area contributed by atoms with Crippen LogP contribution in [0, 0.1) is 17.8 Å². The van der Waals surface area contributed by atoms with Gasteiger partial charge < -0.3 is 15.0 Å². The van der Waals surface area contributed by atoms with Crippen LogP contribution in [-0.4, -0.2) is 77.3 Å². The number of nitrogens with one attached hydrogen (secondary N) is 1. The number of imidazole rings is 1. The van der Waals surface area contributed by atoms with Crippen LogP contribution in [0.3, 0.4) is 0 Å². The summed E-state index contributed by atoms with van der Waals surface area (Å²) in [5.41, 5.74) is 6.99. The first-order valence-corrected chi connectivity index (χ1v) is 21.1. The van der Waals surface area contributed by atoms with Gasteiger partial charge in [-0.05, 0) is 118 Å². The largest absolute Gasteiger partial charge is 0.481 e. The number of pyridine rings is 1. The minimum absolute atomic E-state index is 0.0692. The Kier molecular flexibility index (Phi) is 10.5. The summed E-state index contributed by atoms with van der Waals surface area (Å²) in [4.78, 5) is 48.5. The van der Waals surface area contributed by atoms with Crippen molar-refractivity contribution in [2.75, 3.05) is 31.5 Å². The molecular formula is C45H49ClF2N8O3. The highest BCUT2D eigenvalue weighted by molar-refractivity contribution is 6.34. The lowest BCUT2D eigenvalue weighted by Gasteiger charge is -2.32. The Morgan fingerprint density at radius 3 is 2.49 bits per heavy atom. The van der Waals surface area contributed by atoms with Gasteiger partial charge in [0.25, 0.3) is 6.43 Å². The van der Waals surface area contributed by atoms with Crippen molar-refractivity contribution >= 4 is 45.9 Å². The fourth-order valence-electron chi connectivity index (χ4n) is 10.3. The fourth-order valence-corrected chi connectivity index (χ4v) is 10.6. The van der Waals surface area contributed by atoms with E-state index in [9.17, 15) is 23.5 Å². The molecule has 5 heterocycles. The Bertz CT molecular complexity index is 2460. The quantitative estimate of drug-likeness (QED) is 0.111. The SMILES string of the molecule is Cc1c(Nc2nc(C(F)F)nc3cc(CN4CCCC4)cnc23)cccc1-c1cccc(CC(=O)c2nc3c(n2C)CCN(CCC24CCC(C(=O)O)(CC2)C4)C3)c1Cl. The number of fused-ring (bicyclic) bond motifs is 4. The molecule has 2 aliphatic heterocycles. The van der Waals surface area contributed by atoms with Crippen molar-refractivity contribution in [2.45, 2.75) is 90.6 Å². The molecule has 2 aromatic carbocycles. The lowest BCUT2D eigenvalue weighted by Crippen LogP contribution is -2.34. The predicted molar refractivity (Wildman–Crippen MR) is 222 cm³/mol. The Balaban J connectivity index is 0.909. The molecule has 0 amide bonds. The Hall–Kier alpha value is -4.85. The number of anilines is 2. The van der Waals surface area contributed by atoms with E-state index >= 15 is 0 Å². The van der Waals surface area contributed by atoms with E-state index in [1.165, 1.54) is 0 Å². The second-order valence-electron chi connectivity index (χ2n) is 17.3. The van der Waals surface area contributed by atoms with Crippen LogP contribution in [0.25, 0.3) is 22.2 Å². The van der Waals surface area contributed by atoms with Gasteiger partial charge in [-0.15, -0.1) is 0 Å². The molecule has 5 aromatic rings. The average molecular weight is 823 g/mol. The van der Waals surface area contributed by atoms with Crippen molar-refractivity contribution in [3.05, 3.63) is 93.4 Å². The van der Waals surface area contributed by atoms with E-state index in [-0.39, 0.29) is 23.4 Å². The fraction of sp³-hybridized carbons (Fsp3) is 0.467. The molecule has 59 heavy (non-hydrogen) atoms. The zero-order valence-corrected chi connectivity index (χ0v) is 34.3. The van der Waals surface area contributed by atoms with E-state index in [2.05, 4.69) is 30.1 Å². The van der Waals surface area contributed by atoms with Crippen molar-refractivity contribution in [1.82, 2.24) is 34.3 Å². The van der Waals surface area contributed by atoms with Gasteiger partial charge in [0.2, 0.25) is 5.78 Å². The molecule has 1 saturated heterocycles.